The van der Waals surface area contributed by atoms with Crippen molar-refractivity contribution in [3.05, 3.63) is 11.9 Å². The van der Waals surface area contributed by atoms with Crippen LogP contribution in [0.3, 0.4) is 0 Å². The van der Waals surface area contributed by atoms with Crippen LogP contribution in [0.25, 0.3) is 0 Å². The van der Waals surface area contributed by atoms with Gasteiger partial charge >= 0.3 is 5.97 Å². The van der Waals surface area contributed by atoms with E-state index in [-0.39, 0.29) is 11.8 Å². The SMILES string of the molecule is O=C(O)c1c(OC2CCCCC2)cnn1CC1CCCNC1. The third kappa shape index (κ3) is 3.61. The van der Waals surface area contributed by atoms with Crippen LogP contribution in [0.4, 0.5) is 0 Å². The summed E-state index contributed by atoms with van der Waals surface area (Å²) in [5.41, 5.74) is 0.205. The minimum Gasteiger partial charge on any atom is -0.486 e. The molecule has 1 saturated heterocycles. The second kappa shape index (κ2) is 7.13. The van der Waals surface area contributed by atoms with Crippen molar-refractivity contribution in [2.75, 3.05) is 13.1 Å². The van der Waals surface area contributed by atoms with Gasteiger partial charge in [0.05, 0.1) is 12.3 Å². The molecule has 1 saturated carbocycles. The highest BCUT2D eigenvalue weighted by atomic mass is 16.5. The predicted octanol–water partition coefficient (Wildman–Crippen LogP) is 2.29. The lowest BCUT2D eigenvalue weighted by atomic mass is 9.98. The number of nitrogens with zero attached hydrogens (tertiary/aromatic N) is 2. The molecule has 3 rings (SSSR count). The predicted molar refractivity (Wildman–Crippen MR) is 82.3 cm³/mol. The van der Waals surface area contributed by atoms with Gasteiger partial charge in [0.2, 0.25) is 0 Å². The second-order valence-electron chi connectivity index (χ2n) is 6.43. The van der Waals surface area contributed by atoms with E-state index in [1.165, 1.54) is 6.42 Å². The summed E-state index contributed by atoms with van der Waals surface area (Å²) < 4.78 is 7.55. The summed E-state index contributed by atoms with van der Waals surface area (Å²) >= 11 is 0. The Morgan fingerprint density at radius 3 is 2.82 bits per heavy atom. The van der Waals surface area contributed by atoms with E-state index in [9.17, 15) is 9.90 Å². The number of aromatic nitrogens is 2. The maximum atomic E-state index is 11.6. The molecule has 6 heteroatoms. The molecule has 1 aliphatic heterocycles. The molecule has 2 aliphatic rings. The minimum absolute atomic E-state index is 0.140. The normalized spacial score (nSPS) is 23.4. The van der Waals surface area contributed by atoms with Crippen LogP contribution in [0.5, 0.6) is 5.75 Å². The lowest BCUT2D eigenvalue weighted by Crippen LogP contribution is -2.33. The molecule has 0 spiro atoms. The van der Waals surface area contributed by atoms with Crippen molar-refractivity contribution in [3.63, 3.8) is 0 Å². The third-order valence-corrected chi connectivity index (χ3v) is 4.68. The molecule has 2 heterocycles. The van der Waals surface area contributed by atoms with Gasteiger partial charge in [0.25, 0.3) is 0 Å². The molecule has 0 amide bonds. The molecule has 0 bridgehead atoms. The largest absolute Gasteiger partial charge is 0.486 e. The van der Waals surface area contributed by atoms with Crippen LogP contribution in [0.1, 0.15) is 55.4 Å². The Kier molecular flexibility index (Phi) is 4.97. The Morgan fingerprint density at radius 2 is 2.14 bits per heavy atom. The highest BCUT2D eigenvalue weighted by Gasteiger charge is 2.25. The van der Waals surface area contributed by atoms with Crippen LogP contribution in [0.15, 0.2) is 6.20 Å². The number of hydrogen-bond acceptors (Lipinski definition) is 4. The van der Waals surface area contributed by atoms with Crippen molar-refractivity contribution in [2.24, 2.45) is 5.92 Å². The summed E-state index contributed by atoms with van der Waals surface area (Å²) in [5, 5.41) is 17.2. The van der Waals surface area contributed by atoms with Crippen molar-refractivity contribution >= 4 is 5.97 Å². The number of aromatic carboxylic acids is 1. The summed E-state index contributed by atoms with van der Waals surface area (Å²) in [6.07, 6.45) is 9.57. The highest BCUT2D eigenvalue weighted by molar-refractivity contribution is 5.88. The molecule has 0 radical (unpaired) electrons. The molecule has 6 nitrogen and oxygen atoms in total. The molecular formula is C16H25N3O3. The molecule has 122 valence electrons. The third-order valence-electron chi connectivity index (χ3n) is 4.68. The van der Waals surface area contributed by atoms with Crippen LogP contribution in [0.2, 0.25) is 0 Å². The van der Waals surface area contributed by atoms with Gasteiger partial charge in [0, 0.05) is 6.54 Å². The van der Waals surface area contributed by atoms with Gasteiger partial charge in [0.15, 0.2) is 11.4 Å². The lowest BCUT2D eigenvalue weighted by molar-refractivity contribution is 0.0669. The molecule has 22 heavy (non-hydrogen) atoms. The van der Waals surface area contributed by atoms with Gasteiger partial charge in [-0.1, -0.05) is 6.42 Å². The van der Waals surface area contributed by atoms with Crippen LogP contribution in [-0.2, 0) is 6.54 Å². The molecule has 0 aromatic carbocycles. The fraction of sp³-hybridized carbons (Fsp3) is 0.750. The number of rotatable bonds is 5. The van der Waals surface area contributed by atoms with Crippen LogP contribution >= 0.6 is 0 Å². The molecule has 1 atom stereocenters. The average molecular weight is 307 g/mol. The first-order valence-electron chi connectivity index (χ1n) is 8.40. The number of ether oxygens (including phenoxy) is 1. The fourth-order valence-electron chi connectivity index (χ4n) is 3.50. The number of hydrogen-bond donors (Lipinski definition) is 2. The first-order valence-corrected chi connectivity index (χ1v) is 8.40. The van der Waals surface area contributed by atoms with Gasteiger partial charge in [-0.2, -0.15) is 5.10 Å². The Bertz CT molecular complexity index is 465. The summed E-state index contributed by atoms with van der Waals surface area (Å²) in [4.78, 5) is 11.6. The van der Waals surface area contributed by atoms with Crippen molar-refractivity contribution in [2.45, 2.75) is 57.6 Å². The lowest BCUT2D eigenvalue weighted by Gasteiger charge is -2.24. The van der Waals surface area contributed by atoms with E-state index in [4.69, 9.17) is 4.74 Å². The molecule has 1 aromatic heterocycles. The smallest absolute Gasteiger partial charge is 0.358 e. The quantitative estimate of drug-likeness (QED) is 0.873. The van der Waals surface area contributed by atoms with Gasteiger partial charge in [-0.3, -0.25) is 4.68 Å². The van der Waals surface area contributed by atoms with Crippen molar-refractivity contribution < 1.29 is 14.6 Å². The van der Waals surface area contributed by atoms with Crippen LogP contribution in [-0.4, -0.2) is 40.0 Å². The average Bonchev–Trinajstić information content (AvgIpc) is 2.92. The number of nitrogens with one attached hydrogen (secondary N) is 1. The van der Waals surface area contributed by atoms with Crippen molar-refractivity contribution in [3.8, 4) is 5.75 Å². The van der Waals surface area contributed by atoms with E-state index >= 15 is 0 Å². The molecule has 1 aliphatic carbocycles. The zero-order valence-corrected chi connectivity index (χ0v) is 13.0. The topological polar surface area (TPSA) is 76.4 Å². The maximum absolute atomic E-state index is 11.6. The fourth-order valence-corrected chi connectivity index (χ4v) is 3.50. The van der Waals surface area contributed by atoms with E-state index in [0.29, 0.717) is 18.2 Å². The molecular weight excluding hydrogens is 282 g/mol. The summed E-state index contributed by atoms with van der Waals surface area (Å²) in [6, 6.07) is 0. The van der Waals surface area contributed by atoms with Gasteiger partial charge in [-0.15, -0.1) is 0 Å². The molecule has 1 unspecified atom stereocenters. The van der Waals surface area contributed by atoms with E-state index in [1.54, 1.807) is 10.9 Å². The second-order valence-corrected chi connectivity index (χ2v) is 6.43. The molecule has 2 fully saturated rings. The number of carbonyl (C=O) groups is 1. The molecule has 2 N–H and O–H groups in total. The standard InChI is InChI=1S/C16H25N3O3/c20-16(21)15-14(22-13-6-2-1-3-7-13)10-18-19(15)11-12-5-4-8-17-9-12/h10,12-13,17H,1-9,11H2,(H,20,21). The Hall–Kier alpha value is -1.56. The van der Waals surface area contributed by atoms with Crippen LogP contribution in [0, 0.1) is 5.92 Å². The van der Waals surface area contributed by atoms with Gasteiger partial charge in [-0.25, -0.2) is 4.79 Å². The monoisotopic (exact) mass is 307 g/mol. The first kappa shape index (κ1) is 15.3. The highest BCUT2D eigenvalue weighted by Crippen LogP contribution is 2.27. The zero-order valence-electron chi connectivity index (χ0n) is 13.0. The minimum atomic E-state index is -0.952. The summed E-state index contributed by atoms with van der Waals surface area (Å²) in [5.74, 6) is -0.0791. The van der Waals surface area contributed by atoms with Gasteiger partial charge in [-0.05, 0) is 57.5 Å². The Labute approximate surface area is 130 Å². The maximum Gasteiger partial charge on any atom is 0.358 e. The van der Waals surface area contributed by atoms with Crippen molar-refractivity contribution in [1.82, 2.24) is 15.1 Å². The summed E-state index contributed by atoms with van der Waals surface area (Å²) in [6.45, 7) is 2.62. The Morgan fingerprint density at radius 1 is 1.32 bits per heavy atom. The van der Waals surface area contributed by atoms with E-state index in [1.807, 2.05) is 0 Å². The van der Waals surface area contributed by atoms with E-state index < -0.39 is 5.97 Å². The van der Waals surface area contributed by atoms with Crippen LogP contribution < -0.4 is 10.1 Å². The number of carboxylic acid groups (broad SMARTS) is 1. The van der Waals surface area contributed by atoms with Crippen molar-refractivity contribution in [1.29, 1.82) is 0 Å². The number of carboxylic acids is 1. The van der Waals surface area contributed by atoms with E-state index in [0.717, 1.165) is 51.6 Å². The number of piperidine rings is 1. The van der Waals surface area contributed by atoms with E-state index in [2.05, 4.69) is 10.4 Å². The Balaban J connectivity index is 1.71. The van der Waals surface area contributed by atoms with Gasteiger partial charge < -0.3 is 15.2 Å². The summed E-state index contributed by atoms with van der Waals surface area (Å²) in [7, 11) is 0. The molecule has 1 aromatic rings. The van der Waals surface area contributed by atoms with Gasteiger partial charge in [0.1, 0.15) is 0 Å². The first-order chi connectivity index (χ1) is 10.7. The zero-order chi connectivity index (χ0) is 15.4.